The first-order valence-electron chi connectivity index (χ1n) is 6.09. The summed E-state index contributed by atoms with van der Waals surface area (Å²) in [4.78, 5) is 0. The van der Waals surface area contributed by atoms with E-state index in [1.54, 1.807) is 18.2 Å². The molecule has 0 amide bonds. The Morgan fingerprint density at radius 1 is 1.05 bits per heavy atom. The summed E-state index contributed by atoms with van der Waals surface area (Å²) in [5.41, 5.74) is 1.65. The SMILES string of the molecule is CC(NCc1cc(F)ccc1Cl)c1ccc(Cl)cc1Cl. The van der Waals surface area contributed by atoms with E-state index in [4.69, 9.17) is 34.8 Å². The molecule has 1 atom stereocenters. The highest BCUT2D eigenvalue weighted by Gasteiger charge is 2.11. The Kier molecular flexibility index (Phi) is 5.28. The van der Waals surface area contributed by atoms with Crippen LogP contribution in [0.4, 0.5) is 4.39 Å². The van der Waals surface area contributed by atoms with Gasteiger partial charge in [-0.3, -0.25) is 0 Å². The fourth-order valence-corrected chi connectivity index (χ4v) is 2.66. The largest absolute Gasteiger partial charge is 0.306 e. The maximum atomic E-state index is 13.2. The standard InChI is InChI=1S/C15H13Cl3FN/c1-9(13-4-2-11(16)7-15(13)18)20-8-10-6-12(19)3-5-14(10)17/h2-7,9,20H,8H2,1H3. The van der Waals surface area contributed by atoms with Gasteiger partial charge in [0.15, 0.2) is 0 Å². The van der Waals surface area contributed by atoms with Gasteiger partial charge in [-0.25, -0.2) is 4.39 Å². The van der Waals surface area contributed by atoms with Crippen LogP contribution in [-0.2, 0) is 6.54 Å². The molecule has 0 aliphatic rings. The van der Waals surface area contributed by atoms with Crippen molar-refractivity contribution in [2.45, 2.75) is 19.5 Å². The molecule has 106 valence electrons. The van der Waals surface area contributed by atoms with Crippen molar-refractivity contribution in [1.82, 2.24) is 5.32 Å². The summed E-state index contributed by atoms with van der Waals surface area (Å²) in [5, 5.41) is 5.00. The van der Waals surface area contributed by atoms with E-state index in [9.17, 15) is 4.39 Å². The third-order valence-corrected chi connectivity index (χ3v) is 3.97. The molecule has 0 heterocycles. The third kappa shape index (κ3) is 3.86. The molecule has 0 saturated carbocycles. The number of hydrogen-bond donors (Lipinski definition) is 1. The monoisotopic (exact) mass is 331 g/mol. The summed E-state index contributed by atoms with van der Waals surface area (Å²) in [6, 6.07) is 9.67. The molecule has 1 N–H and O–H groups in total. The Hall–Kier alpha value is -0.800. The molecule has 0 saturated heterocycles. The number of rotatable bonds is 4. The molecule has 20 heavy (non-hydrogen) atoms. The Morgan fingerprint density at radius 3 is 2.50 bits per heavy atom. The topological polar surface area (TPSA) is 12.0 Å². The molecule has 2 rings (SSSR count). The van der Waals surface area contributed by atoms with Gasteiger partial charge in [-0.15, -0.1) is 0 Å². The van der Waals surface area contributed by atoms with Gasteiger partial charge >= 0.3 is 0 Å². The van der Waals surface area contributed by atoms with Gasteiger partial charge < -0.3 is 5.32 Å². The van der Waals surface area contributed by atoms with Gasteiger partial charge in [-0.2, -0.15) is 0 Å². The maximum absolute atomic E-state index is 13.2. The maximum Gasteiger partial charge on any atom is 0.123 e. The number of hydrogen-bond acceptors (Lipinski definition) is 1. The Morgan fingerprint density at radius 2 is 1.80 bits per heavy atom. The molecule has 1 nitrogen and oxygen atoms in total. The lowest BCUT2D eigenvalue weighted by Crippen LogP contribution is -2.18. The van der Waals surface area contributed by atoms with Gasteiger partial charge in [-0.05, 0) is 48.4 Å². The van der Waals surface area contributed by atoms with Crippen LogP contribution in [0.15, 0.2) is 36.4 Å². The second kappa shape index (κ2) is 6.77. The van der Waals surface area contributed by atoms with Crippen molar-refractivity contribution in [3.8, 4) is 0 Å². The fraction of sp³-hybridized carbons (Fsp3) is 0.200. The van der Waals surface area contributed by atoms with E-state index in [2.05, 4.69) is 5.32 Å². The predicted octanol–water partition coefficient (Wildman–Crippen LogP) is 5.64. The van der Waals surface area contributed by atoms with Gasteiger partial charge in [0.25, 0.3) is 0 Å². The highest BCUT2D eigenvalue weighted by Crippen LogP contribution is 2.26. The smallest absolute Gasteiger partial charge is 0.123 e. The van der Waals surface area contributed by atoms with Crippen molar-refractivity contribution in [1.29, 1.82) is 0 Å². The Balaban J connectivity index is 2.08. The van der Waals surface area contributed by atoms with Crippen LogP contribution in [-0.4, -0.2) is 0 Å². The van der Waals surface area contributed by atoms with Crippen LogP contribution in [0.2, 0.25) is 15.1 Å². The summed E-state index contributed by atoms with van der Waals surface area (Å²) in [6.45, 7) is 2.43. The molecule has 0 bridgehead atoms. The average Bonchev–Trinajstić information content (AvgIpc) is 2.39. The van der Waals surface area contributed by atoms with Crippen LogP contribution in [0, 0.1) is 5.82 Å². The van der Waals surface area contributed by atoms with E-state index in [1.807, 2.05) is 13.0 Å². The first-order valence-corrected chi connectivity index (χ1v) is 7.23. The van der Waals surface area contributed by atoms with Crippen molar-refractivity contribution in [3.05, 3.63) is 68.4 Å². The van der Waals surface area contributed by atoms with E-state index in [-0.39, 0.29) is 11.9 Å². The van der Waals surface area contributed by atoms with Crippen molar-refractivity contribution in [2.24, 2.45) is 0 Å². The van der Waals surface area contributed by atoms with Crippen molar-refractivity contribution < 1.29 is 4.39 Å². The lowest BCUT2D eigenvalue weighted by Gasteiger charge is -2.16. The summed E-state index contributed by atoms with van der Waals surface area (Å²) in [6.07, 6.45) is 0. The highest BCUT2D eigenvalue weighted by atomic mass is 35.5. The quantitative estimate of drug-likeness (QED) is 0.764. The van der Waals surface area contributed by atoms with Gasteiger partial charge in [0, 0.05) is 27.7 Å². The van der Waals surface area contributed by atoms with Gasteiger partial charge in [-0.1, -0.05) is 40.9 Å². The molecule has 0 aromatic heterocycles. The lowest BCUT2D eigenvalue weighted by atomic mass is 10.1. The number of halogens is 4. The summed E-state index contributed by atoms with van der Waals surface area (Å²) < 4.78 is 13.2. The molecule has 0 radical (unpaired) electrons. The van der Waals surface area contributed by atoms with Gasteiger partial charge in [0.2, 0.25) is 0 Å². The Labute approximate surface area is 132 Å². The van der Waals surface area contributed by atoms with E-state index in [0.717, 1.165) is 5.56 Å². The van der Waals surface area contributed by atoms with Crippen molar-refractivity contribution in [3.63, 3.8) is 0 Å². The summed E-state index contributed by atoms with van der Waals surface area (Å²) >= 11 is 18.0. The van der Waals surface area contributed by atoms with E-state index >= 15 is 0 Å². The first kappa shape index (κ1) is 15.6. The van der Waals surface area contributed by atoms with E-state index in [1.165, 1.54) is 12.1 Å². The Bertz CT molecular complexity index is 616. The van der Waals surface area contributed by atoms with E-state index in [0.29, 0.717) is 27.2 Å². The zero-order valence-corrected chi connectivity index (χ0v) is 13.0. The minimum atomic E-state index is -0.302. The molecule has 5 heteroatoms. The number of benzene rings is 2. The second-order valence-electron chi connectivity index (χ2n) is 4.50. The zero-order valence-electron chi connectivity index (χ0n) is 10.8. The lowest BCUT2D eigenvalue weighted by molar-refractivity contribution is 0.569. The highest BCUT2D eigenvalue weighted by molar-refractivity contribution is 6.35. The van der Waals surface area contributed by atoms with Crippen LogP contribution < -0.4 is 5.32 Å². The minimum absolute atomic E-state index is 0.000833. The average molecular weight is 333 g/mol. The molecular formula is C15H13Cl3FN. The fourth-order valence-electron chi connectivity index (χ4n) is 1.90. The molecule has 2 aromatic carbocycles. The summed E-state index contributed by atoms with van der Waals surface area (Å²) in [7, 11) is 0. The molecular weight excluding hydrogens is 320 g/mol. The zero-order chi connectivity index (χ0) is 14.7. The predicted molar refractivity (Wildman–Crippen MR) is 83.1 cm³/mol. The summed E-state index contributed by atoms with van der Waals surface area (Å²) in [5.74, 6) is -0.302. The minimum Gasteiger partial charge on any atom is -0.306 e. The van der Waals surface area contributed by atoms with E-state index < -0.39 is 0 Å². The molecule has 0 spiro atoms. The van der Waals surface area contributed by atoms with Crippen molar-refractivity contribution in [2.75, 3.05) is 0 Å². The molecule has 2 aromatic rings. The molecule has 0 aliphatic carbocycles. The van der Waals surface area contributed by atoms with Gasteiger partial charge in [0.05, 0.1) is 0 Å². The second-order valence-corrected chi connectivity index (χ2v) is 5.75. The van der Waals surface area contributed by atoms with Crippen LogP contribution >= 0.6 is 34.8 Å². The molecule has 1 unspecified atom stereocenters. The number of nitrogens with one attached hydrogen (secondary N) is 1. The third-order valence-electron chi connectivity index (χ3n) is 3.04. The van der Waals surface area contributed by atoms with Crippen LogP contribution in [0.1, 0.15) is 24.1 Å². The first-order chi connectivity index (χ1) is 9.47. The van der Waals surface area contributed by atoms with Crippen LogP contribution in [0.25, 0.3) is 0 Å². The normalized spacial score (nSPS) is 12.4. The molecule has 0 fully saturated rings. The van der Waals surface area contributed by atoms with Gasteiger partial charge in [0.1, 0.15) is 5.82 Å². The van der Waals surface area contributed by atoms with Crippen LogP contribution in [0.5, 0.6) is 0 Å². The molecule has 0 aliphatic heterocycles. The van der Waals surface area contributed by atoms with Crippen LogP contribution in [0.3, 0.4) is 0 Å². The van der Waals surface area contributed by atoms with Crippen molar-refractivity contribution >= 4 is 34.8 Å².